The zero-order valence-electron chi connectivity index (χ0n) is 8.69. The van der Waals surface area contributed by atoms with E-state index in [2.05, 4.69) is 37.9 Å². The van der Waals surface area contributed by atoms with Gasteiger partial charge in [-0.2, -0.15) is 5.10 Å². The molecule has 0 aliphatic rings. The predicted octanol–water partition coefficient (Wildman–Crippen LogP) is 3.17. The van der Waals surface area contributed by atoms with Crippen LogP contribution in [0.2, 0.25) is 5.15 Å². The molecule has 0 amide bonds. The molecule has 0 bridgehead atoms. The Kier molecular flexibility index (Phi) is 3.56. The van der Waals surface area contributed by atoms with Crippen LogP contribution >= 0.6 is 27.5 Å². The topological polar surface area (TPSA) is 43.6 Å². The molecule has 0 aliphatic heterocycles. The maximum absolute atomic E-state index is 5.91. The van der Waals surface area contributed by atoms with E-state index in [0.29, 0.717) is 15.5 Å². The molecule has 0 unspecified atom stereocenters. The highest BCUT2D eigenvalue weighted by Crippen LogP contribution is 2.22. The zero-order valence-corrected chi connectivity index (χ0v) is 11.0. The quantitative estimate of drug-likeness (QED) is 0.818. The van der Waals surface area contributed by atoms with Gasteiger partial charge in [-0.25, -0.2) is 9.97 Å². The van der Waals surface area contributed by atoms with E-state index in [1.54, 1.807) is 12.4 Å². The van der Waals surface area contributed by atoms with Gasteiger partial charge >= 0.3 is 0 Å². The second-order valence-corrected chi connectivity index (χ2v) is 4.54. The molecule has 0 saturated carbocycles. The maximum atomic E-state index is 5.91. The van der Waals surface area contributed by atoms with Crippen LogP contribution in [0.25, 0.3) is 11.4 Å². The summed E-state index contributed by atoms with van der Waals surface area (Å²) in [5.74, 6) is 0.593. The number of rotatable bonds is 3. The van der Waals surface area contributed by atoms with Gasteiger partial charge in [0.1, 0.15) is 5.15 Å². The van der Waals surface area contributed by atoms with Gasteiger partial charge in [-0.1, -0.05) is 18.5 Å². The lowest BCUT2D eigenvalue weighted by molar-refractivity contribution is 0.603. The first-order valence-electron chi connectivity index (χ1n) is 4.91. The highest BCUT2D eigenvalue weighted by Gasteiger charge is 2.07. The summed E-state index contributed by atoms with van der Waals surface area (Å²) in [4.78, 5) is 8.36. The molecule has 0 aliphatic carbocycles. The lowest BCUT2D eigenvalue weighted by atomic mass is 10.3. The van der Waals surface area contributed by atoms with Crippen LogP contribution in [-0.2, 0) is 6.54 Å². The first-order valence-corrected chi connectivity index (χ1v) is 6.08. The number of halogens is 2. The molecule has 0 spiro atoms. The second-order valence-electron chi connectivity index (χ2n) is 3.32. The van der Waals surface area contributed by atoms with Crippen LogP contribution in [0.5, 0.6) is 0 Å². The van der Waals surface area contributed by atoms with Gasteiger partial charge in [-0.3, -0.25) is 4.68 Å². The minimum atomic E-state index is 0.410. The van der Waals surface area contributed by atoms with Crippen LogP contribution in [0.4, 0.5) is 0 Å². The van der Waals surface area contributed by atoms with Gasteiger partial charge in [0, 0.05) is 18.9 Å². The molecule has 4 nitrogen and oxygen atoms in total. The summed E-state index contributed by atoms with van der Waals surface area (Å²) < 4.78 is 2.56. The van der Waals surface area contributed by atoms with E-state index in [1.807, 2.05) is 10.9 Å². The SMILES string of the molecule is CCCn1cc(-c2ncc(Br)c(Cl)n2)cn1. The number of aryl methyl sites for hydroxylation is 1. The molecule has 2 aromatic rings. The van der Waals surface area contributed by atoms with Gasteiger partial charge in [-0.15, -0.1) is 0 Å². The minimum absolute atomic E-state index is 0.410. The Morgan fingerprint density at radius 1 is 1.44 bits per heavy atom. The van der Waals surface area contributed by atoms with E-state index in [0.717, 1.165) is 18.5 Å². The maximum Gasteiger partial charge on any atom is 0.164 e. The average molecular weight is 302 g/mol. The molecule has 2 heterocycles. The largest absolute Gasteiger partial charge is 0.272 e. The molecular formula is C10H10BrClN4. The molecule has 2 aromatic heterocycles. The molecule has 2 rings (SSSR count). The fourth-order valence-corrected chi connectivity index (χ4v) is 1.64. The molecule has 0 saturated heterocycles. The van der Waals surface area contributed by atoms with Crippen LogP contribution in [0, 0.1) is 0 Å². The Bertz CT molecular complexity index is 497. The Morgan fingerprint density at radius 2 is 2.25 bits per heavy atom. The van der Waals surface area contributed by atoms with Crippen molar-refractivity contribution in [3.63, 3.8) is 0 Å². The lowest BCUT2D eigenvalue weighted by Crippen LogP contribution is -1.95. The molecule has 0 N–H and O–H groups in total. The zero-order chi connectivity index (χ0) is 11.5. The van der Waals surface area contributed by atoms with Crippen molar-refractivity contribution in [2.75, 3.05) is 0 Å². The van der Waals surface area contributed by atoms with E-state index in [4.69, 9.17) is 11.6 Å². The summed E-state index contributed by atoms with van der Waals surface area (Å²) in [5, 5.41) is 4.63. The van der Waals surface area contributed by atoms with Crippen LogP contribution in [0.15, 0.2) is 23.1 Å². The van der Waals surface area contributed by atoms with Crippen molar-refractivity contribution in [2.24, 2.45) is 0 Å². The Labute approximate surface area is 107 Å². The Morgan fingerprint density at radius 3 is 2.94 bits per heavy atom. The van der Waals surface area contributed by atoms with E-state index in [-0.39, 0.29) is 0 Å². The number of aromatic nitrogens is 4. The summed E-state index contributed by atoms with van der Waals surface area (Å²) in [6, 6.07) is 0. The standard InChI is InChI=1S/C10H10BrClN4/c1-2-3-16-6-7(4-14-16)10-13-5-8(11)9(12)15-10/h4-6H,2-3H2,1H3. The van der Waals surface area contributed by atoms with Crippen LogP contribution in [0.1, 0.15) is 13.3 Å². The van der Waals surface area contributed by atoms with E-state index < -0.39 is 0 Å². The van der Waals surface area contributed by atoms with Gasteiger partial charge in [0.2, 0.25) is 0 Å². The van der Waals surface area contributed by atoms with Crippen LogP contribution in [0.3, 0.4) is 0 Å². The molecule has 0 aromatic carbocycles. The van der Waals surface area contributed by atoms with Crippen LogP contribution in [-0.4, -0.2) is 19.7 Å². The van der Waals surface area contributed by atoms with Gasteiger partial charge in [-0.05, 0) is 22.4 Å². The predicted molar refractivity (Wildman–Crippen MR) is 66.3 cm³/mol. The lowest BCUT2D eigenvalue weighted by Gasteiger charge is -1.98. The third kappa shape index (κ3) is 2.41. The van der Waals surface area contributed by atoms with Crippen molar-refractivity contribution in [1.82, 2.24) is 19.7 Å². The summed E-state index contributed by atoms with van der Waals surface area (Å²) in [6.07, 6.45) is 6.35. The molecule has 0 radical (unpaired) electrons. The minimum Gasteiger partial charge on any atom is -0.272 e. The van der Waals surface area contributed by atoms with Crippen molar-refractivity contribution in [3.05, 3.63) is 28.2 Å². The third-order valence-corrected chi connectivity index (χ3v) is 3.14. The van der Waals surface area contributed by atoms with Crippen molar-refractivity contribution < 1.29 is 0 Å². The Hall–Kier alpha value is -0.940. The fraction of sp³-hybridized carbons (Fsp3) is 0.300. The monoisotopic (exact) mass is 300 g/mol. The molecule has 0 fully saturated rings. The molecule has 84 valence electrons. The van der Waals surface area contributed by atoms with E-state index in [1.165, 1.54) is 0 Å². The third-order valence-electron chi connectivity index (χ3n) is 2.05. The van der Waals surface area contributed by atoms with Gasteiger partial charge in [0.25, 0.3) is 0 Å². The molecule has 0 atom stereocenters. The highest BCUT2D eigenvalue weighted by molar-refractivity contribution is 9.10. The van der Waals surface area contributed by atoms with Crippen LogP contribution < -0.4 is 0 Å². The van der Waals surface area contributed by atoms with Gasteiger partial charge in [0.15, 0.2) is 5.82 Å². The van der Waals surface area contributed by atoms with Gasteiger partial charge in [0.05, 0.1) is 16.2 Å². The average Bonchev–Trinajstić information content (AvgIpc) is 2.71. The number of hydrogen-bond acceptors (Lipinski definition) is 3. The summed E-state index contributed by atoms with van der Waals surface area (Å²) in [5.41, 5.74) is 0.878. The summed E-state index contributed by atoms with van der Waals surface area (Å²) in [6.45, 7) is 3.00. The summed E-state index contributed by atoms with van der Waals surface area (Å²) >= 11 is 9.16. The summed E-state index contributed by atoms with van der Waals surface area (Å²) in [7, 11) is 0. The Balaban J connectivity index is 2.31. The molecule has 6 heteroatoms. The molecule has 16 heavy (non-hydrogen) atoms. The fourth-order valence-electron chi connectivity index (χ4n) is 1.32. The first kappa shape index (κ1) is 11.5. The number of nitrogens with zero attached hydrogens (tertiary/aromatic N) is 4. The smallest absolute Gasteiger partial charge is 0.164 e. The van der Waals surface area contributed by atoms with Crippen molar-refractivity contribution in [1.29, 1.82) is 0 Å². The van der Waals surface area contributed by atoms with Gasteiger partial charge < -0.3 is 0 Å². The second kappa shape index (κ2) is 4.93. The molecular weight excluding hydrogens is 291 g/mol. The first-order chi connectivity index (χ1) is 7.70. The van der Waals surface area contributed by atoms with Crippen molar-refractivity contribution in [3.8, 4) is 11.4 Å². The van der Waals surface area contributed by atoms with E-state index >= 15 is 0 Å². The van der Waals surface area contributed by atoms with Crippen molar-refractivity contribution in [2.45, 2.75) is 19.9 Å². The highest BCUT2D eigenvalue weighted by atomic mass is 79.9. The normalized spacial score (nSPS) is 10.7. The van der Waals surface area contributed by atoms with Crippen molar-refractivity contribution >= 4 is 27.5 Å². The number of hydrogen-bond donors (Lipinski definition) is 0. The van der Waals surface area contributed by atoms with E-state index in [9.17, 15) is 0 Å².